The lowest BCUT2D eigenvalue weighted by Crippen LogP contribution is -2.03. The van der Waals surface area contributed by atoms with Crippen molar-refractivity contribution in [1.29, 1.82) is 0 Å². The van der Waals surface area contributed by atoms with Crippen molar-refractivity contribution in [2.75, 3.05) is 7.11 Å². The van der Waals surface area contributed by atoms with Crippen LogP contribution in [0.5, 0.6) is 0 Å². The van der Waals surface area contributed by atoms with Crippen molar-refractivity contribution < 1.29 is 9.53 Å². The molecule has 4 nitrogen and oxygen atoms in total. The van der Waals surface area contributed by atoms with Crippen molar-refractivity contribution in [3.05, 3.63) is 41.2 Å². The Morgan fingerprint density at radius 3 is 2.47 bits per heavy atom. The monoisotopic (exact) mass is 278 g/mol. The molecule has 0 fully saturated rings. The van der Waals surface area contributed by atoms with Crippen LogP contribution >= 0.6 is 11.6 Å². The quantitative estimate of drug-likeness (QED) is 0.806. The molecule has 100 valence electrons. The largest absolute Gasteiger partial charge is 0.465 e. The molecule has 0 amide bonds. The maximum absolute atomic E-state index is 11.4. The fourth-order valence-corrected chi connectivity index (χ4v) is 2.03. The number of hydrogen-bond acceptors (Lipinski definition) is 3. The molecule has 1 aromatic carbocycles. The van der Waals surface area contributed by atoms with Crippen molar-refractivity contribution in [1.82, 2.24) is 9.55 Å². The first-order valence-electron chi connectivity index (χ1n) is 5.96. The molecule has 0 atom stereocenters. The predicted octanol–water partition coefficient (Wildman–Crippen LogP) is 3.57. The van der Waals surface area contributed by atoms with Crippen LogP contribution in [0.4, 0.5) is 0 Å². The lowest BCUT2D eigenvalue weighted by Gasteiger charge is -2.11. The lowest BCUT2D eigenvalue weighted by molar-refractivity contribution is 0.0601. The van der Waals surface area contributed by atoms with Crippen LogP contribution in [-0.2, 0) is 4.74 Å². The van der Waals surface area contributed by atoms with E-state index in [0.29, 0.717) is 10.7 Å². The Hall–Kier alpha value is -1.81. The molecule has 0 saturated heterocycles. The van der Waals surface area contributed by atoms with Gasteiger partial charge in [0.1, 0.15) is 11.0 Å². The molecule has 5 heteroatoms. The molecule has 0 radical (unpaired) electrons. The van der Waals surface area contributed by atoms with E-state index >= 15 is 0 Å². The Kier molecular flexibility index (Phi) is 3.90. The molecule has 1 heterocycles. The second-order valence-electron chi connectivity index (χ2n) is 4.46. The molecule has 1 aromatic heterocycles. The molecule has 0 bridgehead atoms. The first-order valence-corrected chi connectivity index (χ1v) is 6.34. The smallest absolute Gasteiger partial charge is 0.337 e. The summed E-state index contributed by atoms with van der Waals surface area (Å²) in [6.07, 6.45) is 1.80. The van der Waals surface area contributed by atoms with Crippen LogP contribution in [0.1, 0.15) is 30.2 Å². The summed E-state index contributed by atoms with van der Waals surface area (Å²) in [5.41, 5.74) is 1.42. The molecule has 0 saturated carbocycles. The zero-order chi connectivity index (χ0) is 14.0. The summed E-state index contributed by atoms with van der Waals surface area (Å²) in [6, 6.07) is 7.37. The van der Waals surface area contributed by atoms with Gasteiger partial charge in [0.05, 0.1) is 12.7 Å². The summed E-state index contributed by atoms with van der Waals surface area (Å²) in [5, 5.41) is 0.459. The van der Waals surface area contributed by atoms with Crippen molar-refractivity contribution in [3.63, 3.8) is 0 Å². The van der Waals surface area contributed by atoms with Crippen LogP contribution in [0.15, 0.2) is 30.5 Å². The van der Waals surface area contributed by atoms with E-state index in [4.69, 9.17) is 11.6 Å². The number of benzene rings is 1. The summed E-state index contributed by atoms with van der Waals surface area (Å²) >= 11 is 5.96. The standard InChI is InChI=1S/C14H15ClN2O2/c1-9(2)17-8-12(15)16-13(17)10-4-6-11(7-5-10)14(18)19-3/h4-9H,1-3H3. The topological polar surface area (TPSA) is 44.1 Å². The van der Waals surface area contributed by atoms with E-state index in [2.05, 4.69) is 23.6 Å². The first kappa shape index (κ1) is 13.6. The van der Waals surface area contributed by atoms with Gasteiger partial charge in [-0.2, -0.15) is 0 Å². The number of halogens is 1. The van der Waals surface area contributed by atoms with E-state index in [1.165, 1.54) is 7.11 Å². The first-order chi connectivity index (χ1) is 9.02. The number of ether oxygens (including phenoxy) is 1. The summed E-state index contributed by atoms with van der Waals surface area (Å²) in [5.74, 6) is 0.438. The van der Waals surface area contributed by atoms with Crippen LogP contribution in [-0.4, -0.2) is 22.6 Å². The maximum atomic E-state index is 11.4. The Morgan fingerprint density at radius 1 is 1.32 bits per heavy atom. The summed E-state index contributed by atoms with van der Waals surface area (Å²) in [4.78, 5) is 15.7. The van der Waals surface area contributed by atoms with E-state index < -0.39 is 0 Å². The molecule has 2 rings (SSSR count). The van der Waals surface area contributed by atoms with Crippen molar-refractivity contribution in [2.24, 2.45) is 0 Å². The minimum absolute atomic E-state index is 0.260. The zero-order valence-corrected chi connectivity index (χ0v) is 11.8. The molecule has 0 spiro atoms. The van der Waals surface area contributed by atoms with Gasteiger partial charge in [0.15, 0.2) is 0 Å². The van der Waals surface area contributed by atoms with E-state index in [0.717, 1.165) is 11.4 Å². The lowest BCUT2D eigenvalue weighted by atomic mass is 10.1. The third-order valence-corrected chi connectivity index (χ3v) is 3.01. The van der Waals surface area contributed by atoms with Gasteiger partial charge in [0.2, 0.25) is 0 Å². The number of aromatic nitrogens is 2. The number of nitrogens with zero attached hydrogens (tertiary/aromatic N) is 2. The molecule has 0 aliphatic rings. The third-order valence-electron chi connectivity index (χ3n) is 2.82. The number of esters is 1. The number of hydrogen-bond donors (Lipinski definition) is 0. The minimum atomic E-state index is -0.350. The second-order valence-corrected chi connectivity index (χ2v) is 4.84. The molecule has 0 aliphatic carbocycles. The number of imidazole rings is 1. The van der Waals surface area contributed by atoms with Gasteiger partial charge in [-0.25, -0.2) is 9.78 Å². The number of carbonyl (C=O) groups excluding carboxylic acids is 1. The van der Waals surface area contributed by atoms with Crippen molar-refractivity contribution in [3.8, 4) is 11.4 Å². The average molecular weight is 279 g/mol. The summed E-state index contributed by atoms with van der Waals surface area (Å²) in [6.45, 7) is 4.12. The Bertz CT molecular complexity index is 588. The van der Waals surface area contributed by atoms with Crippen LogP contribution in [0, 0.1) is 0 Å². The SMILES string of the molecule is COC(=O)c1ccc(-c2nc(Cl)cn2C(C)C)cc1. The highest BCUT2D eigenvalue weighted by Gasteiger charge is 2.12. The fourth-order valence-electron chi connectivity index (χ4n) is 1.84. The number of rotatable bonds is 3. The van der Waals surface area contributed by atoms with E-state index in [-0.39, 0.29) is 12.0 Å². The Morgan fingerprint density at radius 2 is 1.95 bits per heavy atom. The van der Waals surface area contributed by atoms with Crippen LogP contribution in [0.2, 0.25) is 5.15 Å². The van der Waals surface area contributed by atoms with Gasteiger partial charge in [-0.1, -0.05) is 23.7 Å². The second kappa shape index (κ2) is 5.45. The molecule has 19 heavy (non-hydrogen) atoms. The minimum Gasteiger partial charge on any atom is -0.465 e. The number of methoxy groups -OCH3 is 1. The number of carbonyl (C=O) groups is 1. The van der Waals surface area contributed by atoms with Gasteiger partial charge in [-0.3, -0.25) is 0 Å². The van der Waals surface area contributed by atoms with Crippen LogP contribution in [0.25, 0.3) is 11.4 Å². The molecule has 2 aromatic rings. The Balaban J connectivity index is 2.40. The van der Waals surface area contributed by atoms with E-state index in [1.807, 2.05) is 16.7 Å². The average Bonchev–Trinajstić information content (AvgIpc) is 2.80. The van der Waals surface area contributed by atoms with Gasteiger partial charge in [-0.05, 0) is 26.0 Å². The maximum Gasteiger partial charge on any atom is 0.337 e. The van der Waals surface area contributed by atoms with Gasteiger partial charge in [-0.15, -0.1) is 0 Å². The third kappa shape index (κ3) is 2.79. The zero-order valence-electron chi connectivity index (χ0n) is 11.1. The molecule has 0 unspecified atom stereocenters. The summed E-state index contributed by atoms with van der Waals surface area (Å²) < 4.78 is 6.66. The van der Waals surface area contributed by atoms with Gasteiger partial charge >= 0.3 is 5.97 Å². The van der Waals surface area contributed by atoms with E-state index in [9.17, 15) is 4.79 Å². The van der Waals surface area contributed by atoms with Crippen LogP contribution in [0.3, 0.4) is 0 Å². The van der Waals surface area contributed by atoms with Crippen molar-refractivity contribution in [2.45, 2.75) is 19.9 Å². The predicted molar refractivity (Wildman–Crippen MR) is 74.4 cm³/mol. The normalized spacial score (nSPS) is 10.8. The highest BCUT2D eigenvalue weighted by Crippen LogP contribution is 2.25. The molecular formula is C14H15ClN2O2. The Labute approximate surface area is 117 Å². The van der Waals surface area contributed by atoms with Crippen molar-refractivity contribution >= 4 is 17.6 Å². The molecule has 0 N–H and O–H groups in total. The van der Waals surface area contributed by atoms with E-state index in [1.54, 1.807) is 18.3 Å². The van der Waals surface area contributed by atoms with Gasteiger partial charge in [0.25, 0.3) is 0 Å². The molecular weight excluding hydrogens is 264 g/mol. The summed E-state index contributed by atoms with van der Waals surface area (Å²) in [7, 11) is 1.36. The fraction of sp³-hybridized carbons (Fsp3) is 0.286. The molecule has 0 aliphatic heterocycles. The highest BCUT2D eigenvalue weighted by molar-refractivity contribution is 6.29. The van der Waals surface area contributed by atoms with Gasteiger partial charge < -0.3 is 9.30 Å². The highest BCUT2D eigenvalue weighted by atomic mass is 35.5. The van der Waals surface area contributed by atoms with Crippen LogP contribution < -0.4 is 0 Å². The van der Waals surface area contributed by atoms with Gasteiger partial charge in [0, 0.05) is 17.8 Å².